The van der Waals surface area contributed by atoms with Crippen LogP contribution in [0.1, 0.15) is 58.4 Å². The number of carbonyl (C=O) groups is 2. The zero-order valence-corrected chi connectivity index (χ0v) is 12.2. The number of aromatic carboxylic acids is 1. The number of hydrogen-bond donors (Lipinski definition) is 1. The highest BCUT2D eigenvalue weighted by Crippen LogP contribution is 2.34. The Bertz CT molecular complexity index is 699. The molecule has 1 atom stereocenters. The molecule has 1 aliphatic heterocycles. The number of carboxylic acid groups (broad SMARTS) is 1. The first-order valence-electron chi connectivity index (χ1n) is 7.33. The first-order chi connectivity index (χ1) is 10.6. The third-order valence-corrected chi connectivity index (χ3v) is 3.90. The predicted octanol–water partition coefficient (Wildman–Crippen LogP) is 3.11. The van der Waals surface area contributed by atoms with Gasteiger partial charge in [-0.3, -0.25) is 4.79 Å². The summed E-state index contributed by atoms with van der Waals surface area (Å²) in [5.41, 5.74) is 0. The Kier molecular flexibility index (Phi) is 3.75. The number of nitrogens with zero attached hydrogens (tertiary/aromatic N) is 1. The van der Waals surface area contributed by atoms with Crippen molar-refractivity contribution in [1.82, 2.24) is 4.90 Å². The Morgan fingerprint density at radius 1 is 1.23 bits per heavy atom. The maximum atomic E-state index is 12.5. The highest BCUT2D eigenvalue weighted by atomic mass is 16.4. The van der Waals surface area contributed by atoms with E-state index in [2.05, 4.69) is 0 Å². The molecule has 0 saturated carbocycles. The number of amides is 1. The van der Waals surface area contributed by atoms with Crippen LogP contribution in [0.4, 0.5) is 0 Å². The monoisotopic (exact) mass is 303 g/mol. The van der Waals surface area contributed by atoms with Gasteiger partial charge in [0, 0.05) is 13.0 Å². The molecule has 0 aliphatic carbocycles. The summed E-state index contributed by atoms with van der Waals surface area (Å²) in [5.74, 6) is -0.00907. The third kappa shape index (κ3) is 2.52. The molecular formula is C16H17NO5. The molecule has 2 aromatic rings. The number of rotatable bonds is 4. The second-order valence-electron chi connectivity index (χ2n) is 5.28. The van der Waals surface area contributed by atoms with Crippen LogP contribution in [0, 0.1) is 0 Å². The molecule has 0 radical (unpaired) electrons. The Hall–Kier alpha value is -2.50. The van der Waals surface area contributed by atoms with Gasteiger partial charge in [0.15, 0.2) is 5.76 Å². The van der Waals surface area contributed by atoms with Crippen LogP contribution >= 0.6 is 0 Å². The lowest BCUT2D eigenvalue weighted by Crippen LogP contribution is -2.30. The summed E-state index contributed by atoms with van der Waals surface area (Å²) in [5, 5.41) is 8.87. The minimum Gasteiger partial charge on any atom is -0.475 e. The molecule has 3 rings (SSSR count). The van der Waals surface area contributed by atoms with E-state index in [1.807, 2.05) is 19.1 Å². The summed E-state index contributed by atoms with van der Waals surface area (Å²) in [6, 6.07) is 6.40. The number of hydrogen-bond acceptors (Lipinski definition) is 4. The van der Waals surface area contributed by atoms with Crippen molar-refractivity contribution in [3.63, 3.8) is 0 Å². The van der Waals surface area contributed by atoms with E-state index >= 15 is 0 Å². The summed E-state index contributed by atoms with van der Waals surface area (Å²) in [7, 11) is 0. The van der Waals surface area contributed by atoms with Crippen molar-refractivity contribution < 1.29 is 23.5 Å². The van der Waals surface area contributed by atoms with Gasteiger partial charge in [-0.15, -0.1) is 0 Å². The fraction of sp³-hybridized carbons (Fsp3) is 0.375. The molecule has 0 spiro atoms. The normalized spacial score (nSPS) is 17.9. The van der Waals surface area contributed by atoms with Crippen molar-refractivity contribution in [3.8, 4) is 0 Å². The average molecular weight is 303 g/mol. The van der Waals surface area contributed by atoms with Crippen LogP contribution in [0.15, 0.2) is 33.1 Å². The van der Waals surface area contributed by atoms with Crippen molar-refractivity contribution in [1.29, 1.82) is 0 Å². The maximum absolute atomic E-state index is 12.5. The highest BCUT2D eigenvalue weighted by molar-refractivity contribution is 5.93. The van der Waals surface area contributed by atoms with Crippen LogP contribution in [-0.4, -0.2) is 28.4 Å². The Balaban J connectivity index is 1.82. The molecular weight excluding hydrogens is 286 g/mol. The lowest BCUT2D eigenvalue weighted by atomic mass is 10.1. The van der Waals surface area contributed by atoms with Crippen LogP contribution in [0.5, 0.6) is 0 Å². The maximum Gasteiger partial charge on any atom is 0.371 e. The SMILES string of the molecule is CCc1ccc(C2CCCN2C(=O)c2ccc(C(=O)O)o2)o1. The lowest BCUT2D eigenvalue weighted by molar-refractivity contribution is 0.0640. The van der Waals surface area contributed by atoms with Gasteiger partial charge in [0.25, 0.3) is 5.91 Å². The van der Waals surface area contributed by atoms with E-state index in [1.54, 1.807) is 4.90 Å². The molecule has 0 bridgehead atoms. The Morgan fingerprint density at radius 2 is 2.00 bits per heavy atom. The summed E-state index contributed by atoms with van der Waals surface area (Å²) < 4.78 is 10.9. The van der Waals surface area contributed by atoms with Crippen molar-refractivity contribution in [3.05, 3.63) is 47.3 Å². The molecule has 3 heterocycles. The summed E-state index contributed by atoms with van der Waals surface area (Å²) in [6.45, 7) is 2.62. The summed E-state index contributed by atoms with van der Waals surface area (Å²) in [4.78, 5) is 25.1. The first-order valence-corrected chi connectivity index (χ1v) is 7.33. The smallest absolute Gasteiger partial charge is 0.371 e. The predicted molar refractivity (Wildman–Crippen MR) is 76.8 cm³/mol. The molecule has 22 heavy (non-hydrogen) atoms. The van der Waals surface area contributed by atoms with Gasteiger partial charge in [-0.05, 0) is 37.1 Å². The second-order valence-corrected chi connectivity index (χ2v) is 5.28. The molecule has 2 aromatic heterocycles. The molecule has 1 aliphatic rings. The lowest BCUT2D eigenvalue weighted by Gasteiger charge is -2.22. The summed E-state index contributed by atoms with van der Waals surface area (Å²) in [6.07, 6.45) is 2.51. The standard InChI is InChI=1S/C16H17NO5/c1-2-10-5-6-12(21-10)11-4-3-9-17(11)15(18)13-7-8-14(22-13)16(19)20/h5-8,11H,2-4,9H2,1H3,(H,19,20). The summed E-state index contributed by atoms with van der Waals surface area (Å²) >= 11 is 0. The molecule has 1 fully saturated rings. The van der Waals surface area contributed by atoms with Gasteiger partial charge in [-0.1, -0.05) is 6.92 Å². The van der Waals surface area contributed by atoms with E-state index in [-0.39, 0.29) is 23.5 Å². The fourth-order valence-electron chi connectivity index (χ4n) is 2.78. The zero-order valence-electron chi connectivity index (χ0n) is 12.2. The van der Waals surface area contributed by atoms with Gasteiger partial charge in [0.05, 0.1) is 6.04 Å². The number of furan rings is 2. The van der Waals surface area contributed by atoms with Gasteiger partial charge in [0.1, 0.15) is 11.5 Å². The number of carbonyl (C=O) groups excluding carboxylic acids is 1. The van der Waals surface area contributed by atoms with Crippen molar-refractivity contribution in [2.24, 2.45) is 0 Å². The van der Waals surface area contributed by atoms with E-state index in [1.165, 1.54) is 12.1 Å². The van der Waals surface area contributed by atoms with Gasteiger partial charge in [0.2, 0.25) is 5.76 Å². The van der Waals surface area contributed by atoms with Crippen molar-refractivity contribution in [2.75, 3.05) is 6.54 Å². The van der Waals surface area contributed by atoms with Gasteiger partial charge in [-0.2, -0.15) is 0 Å². The number of carboxylic acids is 1. The molecule has 116 valence electrons. The van der Waals surface area contributed by atoms with E-state index in [0.717, 1.165) is 30.8 Å². The van der Waals surface area contributed by atoms with Crippen molar-refractivity contribution >= 4 is 11.9 Å². The molecule has 1 unspecified atom stereocenters. The molecule has 6 nitrogen and oxygen atoms in total. The fourth-order valence-corrected chi connectivity index (χ4v) is 2.78. The third-order valence-electron chi connectivity index (χ3n) is 3.90. The average Bonchev–Trinajstić information content (AvgIpc) is 3.24. The molecule has 1 saturated heterocycles. The largest absolute Gasteiger partial charge is 0.475 e. The highest BCUT2D eigenvalue weighted by Gasteiger charge is 2.34. The van der Waals surface area contributed by atoms with E-state index in [4.69, 9.17) is 13.9 Å². The van der Waals surface area contributed by atoms with Gasteiger partial charge in [-0.25, -0.2) is 4.79 Å². The Morgan fingerprint density at radius 3 is 2.64 bits per heavy atom. The van der Waals surface area contributed by atoms with E-state index in [9.17, 15) is 9.59 Å². The number of aryl methyl sites for hydroxylation is 1. The molecule has 6 heteroatoms. The van der Waals surface area contributed by atoms with Crippen LogP contribution in [0.3, 0.4) is 0 Å². The first kappa shape index (κ1) is 14.4. The van der Waals surface area contributed by atoms with Crippen LogP contribution in [-0.2, 0) is 6.42 Å². The number of likely N-dealkylation sites (tertiary alicyclic amines) is 1. The molecule has 0 aromatic carbocycles. The second kappa shape index (κ2) is 5.71. The van der Waals surface area contributed by atoms with Crippen molar-refractivity contribution in [2.45, 2.75) is 32.2 Å². The topological polar surface area (TPSA) is 83.9 Å². The van der Waals surface area contributed by atoms with Crippen LogP contribution in [0.2, 0.25) is 0 Å². The quantitative estimate of drug-likeness (QED) is 0.938. The minimum absolute atomic E-state index is 0.0478. The van der Waals surface area contributed by atoms with E-state index < -0.39 is 5.97 Å². The zero-order chi connectivity index (χ0) is 15.7. The molecule has 1 amide bonds. The van der Waals surface area contributed by atoms with Crippen LogP contribution < -0.4 is 0 Å². The minimum atomic E-state index is -1.18. The van der Waals surface area contributed by atoms with Gasteiger partial charge >= 0.3 is 5.97 Å². The Labute approximate surface area is 127 Å². The van der Waals surface area contributed by atoms with Crippen LogP contribution in [0.25, 0.3) is 0 Å². The van der Waals surface area contributed by atoms with Gasteiger partial charge < -0.3 is 18.8 Å². The molecule has 1 N–H and O–H groups in total. The van der Waals surface area contributed by atoms with E-state index in [0.29, 0.717) is 6.54 Å².